The van der Waals surface area contributed by atoms with Gasteiger partial charge in [0, 0.05) is 29.9 Å². The number of nitrogens with zero attached hydrogens (tertiary/aromatic N) is 3. The van der Waals surface area contributed by atoms with Gasteiger partial charge in [0.15, 0.2) is 0 Å². The minimum Gasteiger partial charge on any atom is -0.305 e. The molecule has 1 saturated heterocycles. The number of fused-ring (bicyclic) bond motifs is 1. The second-order valence-corrected chi connectivity index (χ2v) is 9.37. The molecule has 1 N–H and O–H groups in total. The minimum atomic E-state index is -3.54. The number of sulfonamides is 1. The number of rotatable bonds is 4. The van der Waals surface area contributed by atoms with Crippen molar-refractivity contribution < 1.29 is 8.42 Å². The molecule has 0 spiro atoms. The maximum absolute atomic E-state index is 13.0. The standard InChI is InChI=1S/C22H22N4O2S/c1-26-12-4-5-17(15-26)29(27,28)25-22-10-11-24-14-21(22)20-9-8-16(13-23)18-6-2-3-7-19(18)20/h2-3,6-11,14,17H,4-5,12,15H2,1H3,(H,24,25). The van der Waals surface area contributed by atoms with Crippen LogP contribution in [0.15, 0.2) is 54.9 Å². The van der Waals surface area contributed by atoms with Crippen LogP contribution in [0.2, 0.25) is 0 Å². The van der Waals surface area contributed by atoms with Gasteiger partial charge in [-0.25, -0.2) is 8.42 Å². The molecule has 148 valence electrons. The van der Waals surface area contributed by atoms with Crippen molar-refractivity contribution in [3.8, 4) is 17.2 Å². The molecule has 6 nitrogen and oxygen atoms in total. The number of benzene rings is 2. The number of pyridine rings is 1. The van der Waals surface area contributed by atoms with E-state index in [0.29, 0.717) is 29.8 Å². The van der Waals surface area contributed by atoms with E-state index in [1.54, 1.807) is 24.5 Å². The van der Waals surface area contributed by atoms with E-state index in [4.69, 9.17) is 0 Å². The molecular weight excluding hydrogens is 384 g/mol. The largest absolute Gasteiger partial charge is 0.305 e. The lowest BCUT2D eigenvalue weighted by atomic mass is 9.95. The first-order chi connectivity index (χ1) is 14.0. The van der Waals surface area contributed by atoms with Gasteiger partial charge in [-0.15, -0.1) is 0 Å². The highest BCUT2D eigenvalue weighted by molar-refractivity contribution is 7.93. The third kappa shape index (κ3) is 3.82. The zero-order chi connectivity index (χ0) is 20.4. The second-order valence-electron chi connectivity index (χ2n) is 7.41. The highest BCUT2D eigenvalue weighted by Gasteiger charge is 2.30. The van der Waals surface area contributed by atoms with E-state index in [9.17, 15) is 13.7 Å². The summed E-state index contributed by atoms with van der Waals surface area (Å²) in [5.74, 6) is 0. The van der Waals surface area contributed by atoms with Crippen LogP contribution in [0.4, 0.5) is 5.69 Å². The van der Waals surface area contributed by atoms with Gasteiger partial charge in [0.05, 0.1) is 22.6 Å². The summed E-state index contributed by atoms with van der Waals surface area (Å²) in [7, 11) is -1.59. The van der Waals surface area contributed by atoms with E-state index < -0.39 is 15.3 Å². The first-order valence-corrected chi connectivity index (χ1v) is 11.1. The van der Waals surface area contributed by atoms with Gasteiger partial charge < -0.3 is 4.90 Å². The van der Waals surface area contributed by atoms with Crippen molar-refractivity contribution in [3.05, 3.63) is 60.4 Å². The maximum atomic E-state index is 13.0. The third-order valence-corrected chi connectivity index (χ3v) is 7.19. The van der Waals surface area contributed by atoms with Crippen LogP contribution in [0, 0.1) is 11.3 Å². The summed E-state index contributed by atoms with van der Waals surface area (Å²) in [5.41, 5.74) is 2.62. The Morgan fingerprint density at radius 1 is 1.14 bits per heavy atom. The number of likely N-dealkylation sites (tertiary alicyclic amines) is 1. The molecule has 1 aliphatic rings. The predicted molar refractivity (Wildman–Crippen MR) is 115 cm³/mol. The van der Waals surface area contributed by atoms with Crippen molar-refractivity contribution in [3.63, 3.8) is 0 Å². The second kappa shape index (κ2) is 7.82. The Morgan fingerprint density at radius 3 is 2.69 bits per heavy atom. The first-order valence-electron chi connectivity index (χ1n) is 9.56. The molecular formula is C22H22N4O2S. The van der Waals surface area contributed by atoms with Gasteiger partial charge in [0.1, 0.15) is 0 Å². The van der Waals surface area contributed by atoms with Crippen LogP contribution in [-0.4, -0.2) is 43.7 Å². The van der Waals surface area contributed by atoms with Crippen LogP contribution in [0.25, 0.3) is 21.9 Å². The molecule has 29 heavy (non-hydrogen) atoms. The molecule has 7 heteroatoms. The van der Waals surface area contributed by atoms with Crippen molar-refractivity contribution >= 4 is 26.5 Å². The molecule has 0 radical (unpaired) electrons. The summed E-state index contributed by atoms with van der Waals surface area (Å²) in [4.78, 5) is 6.27. The lowest BCUT2D eigenvalue weighted by Crippen LogP contribution is -2.42. The van der Waals surface area contributed by atoms with E-state index in [0.717, 1.165) is 29.3 Å². The van der Waals surface area contributed by atoms with Crippen LogP contribution in [0.1, 0.15) is 18.4 Å². The average Bonchev–Trinajstić information content (AvgIpc) is 2.73. The number of nitrogens with one attached hydrogen (secondary N) is 1. The molecule has 1 aromatic heterocycles. The number of piperidine rings is 1. The number of hydrogen-bond acceptors (Lipinski definition) is 5. The van der Waals surface area contributed by atoms with Crippen molar-refractivity contribution in [1.29, 1.82) is 5.26 Å². The Morgan fingerprint density at radius 2 is 1.93 bits per heavy atom. The highest BCUT2D eigenvalue weighted by atomic mass is 32.2. The Bertz CT molecular complexity index is 1200. The average molecular weight is 407 g/mol. The van der Waals surface area contributed by atoms with Crippen LogP contribution in [0.5, 0.6) is 0 Å². The Kier molecular flexibility index (Phi) is 5.22. The SMILES string of the molecule is CN1CCCC(S(=O)(=O)Nc2ccncc2-c2ccc(C#N)c3ccccc23)C1. The normalized spacial score (nSPS) is 17.7. The molecule has 0 saturated carbocycles. The summed E-state index contributed by atoms with van der Waals surface area (Å²) in [5, 5.41) is 10.7. The van der Waals surface area contributed by atoms with Crippen LogP contribution in [0.3, 0.4) is 0 Å². The zero-order valence-corrected chi connectivity index (χ0v) is 17.0. The van der Waals surface area contributed by atoms with E-state index in [1.807, 2.05) is 37.4 Å². The molecule has 1 unspecified atom stereocenters. The Labute approximate surface area is 170 Å². The van der Waals surface area contributed by atoms with E-state index >= 15 is 0 Å². The third-order valence-electron chi connectivity index (χ3n) is 5.43. The van der Waals surface area contributed by atoms with Gasteiger partial charge in [-0.1, -0.05) is 30.3 Å². The fourth-order valence-electron chi connectivity index (χ4n) is 3.94. The Balaban J connectivity index is 1.77. The summed E-state index contributed by atoms with van der Waals surface area (Å²) in [6.45, 7) is 1.44. The molecule has 4 rings (SSSR count). The van der Waals surface area contributed by atoms with E-state index in [1.165, 1.54) is 0 Å². The van der Waals surface area contributed by atoms with E-state index in [2.05, 4.69) is 20.7 Å². The van der Waals surface area contributed by atoms with Gasteiger partial charge in [-0.3, -0.25) is 9.71 Å². The molecule has 1 fully saturated rings. The van der Waals surface area contributed by atoms with Gasteiger partial charge in [-0.05, 0) is 49.5 Å². The molecule has 3 aromatic rings. The van der Waals surface area contributed by atoms with Gasteiger partial charge in [-0.2, -0.15) is 5.26 Å². The molecule has 0 bridgehead atoms. The van der Waals surface area contributed by atoms with Crippen molar-refractivity contribution in [2.75, 3.05) is 24.9 Å². The lowest BCUT2D eigenvalue weighted by Gasteiger charge is -2.29. The van der Waals surface area contributed by atoms with Gasteiger partial charge >= 0.3 is 0 Å². The van der Waals surface area contributed by atoms with Crippen LogP contribution in [-0.2, 0) is 10.0 Å². The fourth-order valence-corrected chi connectivity index (χ4v) is 5.52. The smallest absolute Gasteiger partial charge is 0.236 e. The fraction of sp³-hybridized carbons (Fsp3) is 0.273. The molecule has 2 heterocycles. The summed E-state index contributed by atoms with van der Waals surface area (Å²) in [6, 6.07) is 15.1. The number of anilines is 1. The quantitative estimate of drug-likeness (QED) is 0.715. The summed E-state index contributed by atoms with van der Waals surface area (Å²) < 4.78 is 28.9. The molecule has 1 atom stereocenters. The molecule has 2 aromatic carbocycles. The number of nitriles is 1. The highest BCUT2D eigenvalue weighted by Crippen LogP contribution is 2.35. The van der Waals surface area contributed by atoms with E-state index in [-0.39, 0.29) is 0 Å². The zero-order valence-electron chi connectivity index (χ0n) is 16.2. The Hall–Kier alpha value is -2.95. The number of hydrogen-bond donors (Lipinski definition) is 1. The lowest BCUT2D eigenvalue weighted by molar-refractivity contribution is 0.278. The number of aromatic nitrogens is 1. The predicted octanol–water partition coefficient (Wildman–Crippen LogP) is 3.61. The minimum absolute atomic E-state index is 0.444. The van der Waals surface area contributed by atoms with Crippen molar-refractivity contribution in [2.24, 2.45) is 0 Å². The summed E-state index contributed by atoms with van der Waals surface area (Å²) in [6.07, 6.45) is 4.77. The van der Waals surface area contributed by atoms with Crippen molar-refractivity contribution in [2.45, 2.75) is 18.1 Å². The maximum Gasteiger partial charge on any atom is 0.236 e. The molecule has 1 aliphatic heterocycles. The summed E-state index contributed by atoms with van der Waals surface area (Å²) >= 11 is 0. The molecule has 0 amide bonds. The van der Waals surface area contributed by atoms with Crippen molar-refractivity contribution in [1.82, 2.24) is 9.88 Å². The monoisotopic (exact) mass is 406 g/mol. The van der Waals surface area contributed by atoms with Gasteiger partial charge in [0.2, 0.25) is 10.0 Å². The topological polar surface area (TPSA) is 86.1 Å². The van der Waals surface area contributed by atoms with Gasteiger partial charge in [0.25, 0.3) is 0 Å². The molecule has 0 aliphatic carbocycles. The first kappa shape index (κ1) is 19.4. The van der Waals surface area contributed by atoms with Crippen LogP contribution >= 0.6 is 0 Å². The van der Waals surface area contributed by atoms with Crippen LogP contribution < -0.4 is 4.72 Å².